The predicted molar refractivity (Wildman–Crippen MR) is 102 cm³/mol. The standard InChI is InChI=1S/C19H17ClN2O2S/c1-12-9-13-5-4-8-22(18(13)14(20)10-12)19(23)24-11-17-21-15-6-2-3-7-16(15)25-17/h2-3,6-7,9-10H,4-5,8,11H2,1H3. The molecule has 0 radical (unpaired) electrons. The number of amides is 1. The van der Waals surface area contributed by atoms with E-state index < -0.39 is 0 Å². The van der Waals surface area contributed by atoms with E-state index in [1.807, 2.05) is 37.3 Å². The highest BCUT2D eigenvalue weighted by Gasteiger charge is 2.26. The third-order valence-electron chi connectivity index (χ3n) is 4.26. The highest BCUT2D eigenvalue weighted by Crippen LogP contribution is 2.36. The summed E-state index contributed by atoms with van der Waals surface area (Å²) in [5.41, 5.74) is 3.93. The lowest BCUT2D eigenvalue weighted by Gasteiger charge is -2.29. The first-order chi connectivity index (χ1) is 12.1. The van der Waals surface area contributed by atoms with Crippen molar-refractivity contribution in [1.82, 2.24) is 4.98 Å². The largest absolute Gasteiger partial charge is 0.442 e. The van der Waals surface area contributed by atoms with Crippen molar-refractivity contribution in [2.45, 2.75) is 26.4 Å². The Kier molecular flexibility index (Phi) is 4.36. The van der Waals surface area contributed by atoms with Gasteiger partial charge in [0.15, 0.2) is 0 Å². The fourth-order valence-electron chi connectivity index (χ4n) is 3.20. The van der Waals surface area contributed by atoms with E-state index in [2.05, 4.69) is 11.1 Å². The molecule has 2 aromatic carbocycles. The molecule has 0 fully saturated rings. The number of aromatic nitrogens is 1. The van der Waals surface area contributed by atoms with E-state index in [4.69, 9.17) is 16.3 Å². The van der Waals surface area contributed by atoms with Crippen molar-refractivity contribution in [3.8, 4) is 0 Å². The molecule has 128 valence electrons. The molecule has 0 saturated carbocycles. The number of halogens is 1. The molecule has 0 spiro atoms. The number of thiazole rings is 1. The minimum atomic E-state index is -0.369. The van der Waals surface area contributed by atoms with E-state index >= 15 is 0 Å². The van der Waals surface area contributed by atoms with Gasteiger partial charge in [-0.1, -0.05) is 29.8 Å². The van der Waals surface area contributed by atoms with Crippen LogP contribution in [0, 0.1) is 6.92 Å². The number of aryl methyl sites for hydroxylation is 2. The lowest BCUT2D eigenvalue weighted by molar-refractivity contribution is 0.146. The molecule has 1 amide bonds. The monoisotopic (exact) mass is 372 g/mol. The Morgan fingerprint density at radius 1 is 1.36 bits per heavy atom. The van der Waals surface area contributed by atoms with E-state index in [-0.39, 0.29) is 12.7 Å². The topological polar surface area (TPSA) is 42.4 Å². The van der Waals surface area contributed by atoms with Crippen molar-refractivity contribution in [1.29, 1.82) is 0 Å². The van der Waals surface area contributed by atoms with E-state index in [1.165, 1.54) is 0 Å². The predicted octanol–water partition coefficient (Wildman–Crippen LogP) is 5.35. The summed E-state index contributed by atoms with van der Waals surface area (Å²) in [4.78, 5) is 18.8. The Bertz CT molecular complexity index is 921. The number of carbonyl (C=O) groups excluding carboxylic acids is 1. The zero-order valence-corrected chi connectivity index (χ0v) is 15.4. The molecule has 25 heavy (non-hydrogen) atoms. The molecule has 0 atom stereocenters. The molecular formula is C19H17ClN2O2S. The molecule has 1 aromatic heterocycles. The van der Waals surface area contributed by atoms with Crippen LogP contribution < -0.4 is 4.90 Å². The first-order valence-electron chi connectivity index (χ1n) is 8.19. The van der Waals surface area contributed by atoms with Crippen molar-refractivity contribution in [2.24, 2.45) is 0 Å². The molecule has 1 aliphatic rings. The van der Waals surface area contributed by atoms with Gasteiger partial charge in [-0.05, 0) is 49.1 Å². The molecule has 0 saturated heterocycles. The summed E-state index contributed by atoms with van der Waals surface area (Å²) >= 11 is 7.94. The smallest absolute Gasteiger partial charge is 0.414 e. The van der Waals surface area contributed by atoms with Crippen molar-refractivity contribution in [2.75, 3.05) is 11.4 Å². The average Bonchev–Trinajstić information content (AvgIpc) is 3.01. The molecule has 2 heterocycles. The lowest BCUT2D eigenvalue weighted by atomic mass is 10.00. The molecular weight excluding hydrogens is 356 g/mol. The lowest BCUT2D eigenvalue weighted by Crippen LogP contribution is -2.36. The maximum absolute atomic E-state index is 12.6. The zero-order valence-electron chi connectivity index (χ0n) is 13.8. The van der Waals surface area contributed by atoms with Gasteiger partial charge in [0.05, 0.1) is 20.9 Å². The fourth-order valence-corrected chi connectivity index (χ4v) is 4.48. The molecule has 0 N–H and O–H groups in total. The van der Waals surface area contributed by atoms with E-state index in [0.29, 0.717) is 11.6 Å². The third-order valence-corrected chi connectivity index (χ3v) is 5.56. The van der Waals surface area contributed by atoms with Crippen LogP contribution in [0.5, 0.6) is 0 Å². The molecule has 0 unspecified atom stereocenters. The normalized spacial score (nSPS) is 13.8. The van der Waals surface area contributed by atoms with Crippen molar-refractivity contribution < 1.29 is 9.53 Å². The molecule has 4 nitrogen and oxygen atoms in total. The maximum Gasteiger partial charge on any atom is 0.414 e. The third kappa shape index (κ3) is 3.22. The minimum Gasteiger partial charge on any atom is -0.442 e. The Balaban J connectivity index is 1.52. The van der Waals surface area contributed by atoms with Crippen molar-refractivity contribution >= 4 is 44.9 Å². The van der Waals surface area contributed by atoms with Crippen LogP contribution in [0.4, 0.5) is 10.5 Å². The van der Waals surface area contributed by atoms with Gasteiger partial charge in [-0.15, -0.1) is 11.3 Å². The number of rotatable bonds is 2. The Hall–Kier alpha value is -2.11. The number of ether oxygens (including phenoxy) is 1. The maximum atomic E-state index is 12.6. The molecule has 4 rings (SSSR count). The fraction of sp³-hybridized carbons (Fsp3) is 0.263. The minimum absolute atomic E-state index is 0.174. The van der Waals surface area contributed by atoms with Gasteiger partial charge in [0.1, 0.15) is 11.6 Å². The SMILES string of the molecule is Cc1cc(Cl)c2c(c1)CCCN2C(=O)OCc1nc2ccccc2s1. The molecule has 0 bridgehead atoms. The van der Waals surface area contributed by atoms with E-state index in [9.17, 15) is 4.79 Å². The number of nitrogens with zero attached hydrogens (tertiary/aromatic N) is 2. The van der Waals surface area contributed by atoms with Gasteiger partial charge in [0, 0.05) is 6.54 Å². The van der Waals surface area contributed by atoms with Crippen LogP contribution in [-0.2, 0) is 17.8 Å². The van der Waals surface area contributed by atoms with Gasteiger partial charge in [0.25, 0.3) is 0 Å². The summed E-state index contributed by atoms with van der Waals surface area (Å²) in [6, 6.07) is 11.9. The van der Waals surface area contributed by atoms with Gasteiger partial charge in [-0.3, -0.25) is 4.90 Å². The second kappa shape index (κ2) is 6.65. The first kappa shape index (κ1) is 16.4. The second-order valence-corrected chi connectivity index (χ2v) is 7.66. The summed E-state index contributed by atoms with van der Waals surface area (Å²) in [6.45, 7) is 2.80. The molecule has 3 aromatic rings. The van der Waals surface area contributed by atoms with Crippen LogP contribution >= 0.6 is 22.9 Å². The van der Waals surface area contributed by atoms with E-state index in [0.717, 1.165) is 44.9 Å². The Morgan fingerprint density at radius 2 is 2.20 bits per heavy atom. The highest BCUT2D eigenvalue weighted by atomic mass is 35.5. The Morgan fingerprint density at radius 3 is 3.04 bits per heavy atom. The van der Waals surface area contributed by atoms with Gasteiger partial charge in [0.2, 0.25) is 0 Å². The molecule has 6 heteroatoms. The van der Waals surface area contributed by atoms with Crippen LogP contribution in [0.1, 0.15) is 22.6 Å². The van der Waals surface area contributed by atoms with E-state index in [1.54, 1.807) is 16.2 Å². The first-order valence-corrected chi connectivity index (χ1v) is 9.39. The number of anilines is 1. The van der Waals surface area contributed by atoms with Gasteiger partial charge in [-0.2, -0.15) is 0 Å². The van der Waals surface area contributed by atoms with Gasteiger partial charge >= 0.3 is 6.09 Å². The summed E-state index contributed by atoms with van der Waals surface area (Å²) < 4.78 is 6.61. The van der Waals surface area contributed by atoms with Gasteiger partial charge < -0.3 is 4.74 Å². The molecule has 1 aliphatic heterocycles. The number of carbonyl (C=O) groups is 1. The van der Waals surface area contributed by atoms with Crippen molar-refractivity contribution in [3.63, 3.8) is 0 Å². The number of fused-ring (bicyclic) bond motifs is 2. The van der Waals surface area contributed by atoms with Gasteiger partial charge in [-0.25, -0.2) is 9.78 Å². The summed E-state index contributed by atoms with van der Waals surface area (Å²) in [5, 5.41) is 1.40. The second-order valence-electron chi connectivity index (χ2n) is 6.14. The molecule has 0 aliphatic carbocycles. The zero-order chi connectivity index (χ0) is 17.4. The quantitative estimate of drug-likeness (QED) is 0.609. The number of hydrogen-bond acceptors (Lipinski definition) is 4. The number of hydrogen-bond donors (Lipinski definition) is 0. The van der Waals surface area contributed by atoms with Crippen LogP contribution in [0.25, 0.3) is 10.2 Å². The Labute approximate surface area is 155 Å². The summed E-state index contributed by atoms with van der Waals surface area (Å²) in [5.74, 6) is 0. The van der Waals surface area contributed by atoms with Crippen molar-refractivity contribution in [3.05, 3.63) is 57.6 Å². The van der Waals surface area contributed by atoms with Crippen LogP contribution in [0.2, 0.25) is 5.02 Å². The van der Waals surface area contributed by atoms with Crippen LogP contribution in [0.15, 0.2) is 36.4 Å². The average molecular weight is 373 g/mol. The number of para-hydroxylation sites is 1. The summed E-state index contributed by atoms with van der Waals surface area (Å²) in [6.07, 6.45) is 1.47. The van der Waals surface area contributed by atoms with Crippen LogP contribution in [0.3, 0.4) is 0 Å². The number of benzene rings is 2. The summed E-state index contributed by atoms with van der Waals surface area (Å²) in [7, 11) is 0. The highest BCUT2D eigenvalue weighted by molar-refractivity contribution is 7.18. The van der Waals surface area contributed by atoms with Crippen LogP contribution in [-0.4, -0.2) is 17.6 Å².